The van der Waals surface area contributed by atoms with Gasteiger partial charge in [0.2, 0.25) is 0 Å². The second kappa shape index (κ2) is 5.54. The Bertz CT molecular complexity index is 987. The molecule has 0 saturated carbocycles. The predicted molar refractivity (Wildman–Crippen MR) is 96.2 cm³/mol. The Morgan fingerprint density at radius 1 is 1.29 bits per heavy atom. The summed E-state index contributed by atoms with van der Waals surface area (Å²) in [6.07, 6.45) is 3.23. The van der Waals surface area contributed by atoms with E-state index in [4.69, 9.17) is 0 Å². The second-order valence-corrected chi connectivity index (χ2v) is 7.09. The molecule has 0 fully saturated rings. The number of nitrogens with one attached hydrogen (secondary N) is 1. The van der Waals surface area contributed by atoms with Gasteiger partial charge in [0, 0.05) is 23.2 Å². The molecule has 0 amide bonds. The van der Waals surface area contributed by atoms with Gasteiger partial charge in [0.1, 0.15) is 17.7 Å². The summed E-state index contributed by atoms with van der Waals surface area (Å²) in [4.78, 5) is 9.42. The molecule has 0 aliphatic heterocycles. The quantitative estimate of drug-likeness (QED) is 0.598. The Hall–Kier alpha value is -2.51. The van der Waals surface area contributed by atoms with E-state index in [0.717, 1.165) is 21.3 Å². The highest BCUT2D eigenvalue weighted by atomic mass is 32.1. The lowest BCUT2D eigenvalue weighted by Gasteiger charge is -2.22. The first kappa shape index (κ1) is 15.0. The molecule has 2 N–H and O–H groups in total. The fourth-order valence-corrected chi connectivity index (χ4v) is 3.80. The normalized spacial score (nSPS) is 14.1. The van der Waals surface area contributed by atoms with E-state index in [-0.39, 0.29) is 0 Å². The van der Waals surface area contributed by atoms with Gasteiger partial charge in [0.05, 0.1) is 11.6 Å². The van der Waals surface area contributed by atoms with Gasteiger partial charge >= 0.3 is 0 Å². The molecule has 3 aromatic heterocycles. The number of aromatic nitrogens is 4. The van der Waals surface area contributed by atoms with Crippen molar-refractivity contribution in [2.24, 2.45) is 7.05 Å². The van der Waals surface area contributed by atoms with Gasteiger partial charge in [-0.05, 0) is 24.4 Å². The Morgan fingerprint density at radius 2 is 2.12 bits per heavy atom. The van der Waals surface area contributed by atoms with Gasteiger partial charge in [-0.1, -0.05) is 18.2 Å². The average molecular weight is 339 g/mol. The second-order valence-electron chi connectivity index (χ2n) is 6.00. The van der Waals surface area contributed by atoms with Crippen LogP contribution in [0.3, 0.4) is 0 Å². The van der Waals surface area contributed by atoms with Crippen LogP contribution in [0.4, 0.5) is 5.82 Å². The van der Waals surface area contributed by atoms with E-state index in [1.807, 2.05) is 32.2 Å². The number of aryl methyl sites for hydroxylation is 1. The molecule has 4 aromatic rings. The first-order valence-corrected chi connectivity index (χ1v) is 8.44. The van der Waals surface area contributed by atoms with Crippen molar-refractivity contribution in [3.05, 3.63) is 47.7 Å². The number of rotatable bonds is 4. The Kier molecular flexibility index (Phi) is 3.47. The van der Waals surface area contributed by atoms with E-state index in [0.29, 0.717) is 12.4 Å². The van der Waals surface area contributed by atoms with Gasteiger partial charge in [0.15, 0.2) is 5.65 Å². The van der Waals surface area contributed by atoms with Crippen molar-refractivity contribution in [2.45, 2.75) is 12.5 Å². The van der Waals surface area contributed by atoms with Gasteiger partial charge in [0.25, 0.3) is 0 Å². The first-order chi connectivity index (χ1) is 11.5. The van der Waals surface area contributed by atoms with Crippen molar-refractivity contribution in [3.63, 3.8) is 0 Å². The molecular weight excluding hydrogens is 322 g/mol. The summed E-state index contributed by atoms with van der Waals surface area (Å²) in [6, 6.07) is 10.2. The van der Waals surface area contributed by atoms with Crippen molar-refractivity contribution in [2.75, 3.05) is 11.9 Å². The molecule has 1 atom stereocenters. The minimum absolute atomic E-state index is 0.348. The number of hydrogen-bond donors (Lipinski definition) is 2. The van der Waals surface area contributed by atoms with E-state index < -0.39 is 5.60 Å². The monoisotopic (exact) mass is 339 g/mol. The fourth-order valence-electron chi connectivity index (χ4n) is 2.69. The van der Waals surface area contributed by atoms with Crippen LogP contribution >= 0.6 is 11.3 Å². The van der Waals surface area contributed by atoms with Gasteiger partial charge in [-0.3, -0.25) is 4.68 Å². The maximum absolute atomic E-state index is 10.9. The van der Waals surface area contributed by atoms with E-state index in [9.17, 15) is 5.11 Å². The molecule has 122 valence electrons. The molecule has 0 aliphatic carbocycles. The van der Waals surface area contributed by atoms with Crippen LogP contribution in [0, 0.1) is 0 Å². The molecule has 4 rings (SSSR count). The third-order valence-electron chi connectivity index (χ3n) is 4.09. The number of benzene rings is 1. The standard InChI is InChI=1S/C17H17N5OS/c1-17(23,14-7-11-5-3-4-6-13(11)24-14)9-18-15-12-8-21-22(2)16(12)20-10-19-15/h3-8,10,23H,9H2,1-2H3,(H,18,19,20). The van der Waals surface area contributed by atoms with Crippen molar-refractivity contribution >= 4 is 38.3 Å². The van der Waals surface area contributed by atoms with Crippen LogP contribution < -0.4 is 5.32 Å². The number of nitrogens with zero attached hydrogens (tertiary/aromatic N) is 4. The number of thiophene rings is 1. The van der Waals surface area contributed by atoms with Crippen LogP contribution in [-0.2, 0) is 12.6 Å². The fraction of sp³-hybridized carbons (Fsp3) is 0.235. The zero-order valence-corrected chi connectivity index (χ0v) is 14.2. The Morgan fingerprint density at radius 3 is 2.96 bits per heavy atom. The van der Waals surface area contributed by atoms with E-state index >= 15 is 0 Å². The zero-order chi connectivity index (χ0) is 16.7. The lowest BCUT2D eigenvalue weighted by atomic mass is 10.0. The molecule has 1 unspecified atom stereocenters. The topological polar surface area (TPSA) is 75.9 Å². The molecule has 0 saturated heterocycles. The molecule has 1 aromatic carbocycles. The summed E-state index contributed by atoms with van der Waals surface area (Å²) in [5, 5.41) is 20.3. The van der Waals surface area contributed by atoms with E-state index in [1.165, 1.54) is 11.0 Å². The molecular formula is C17H17N5OS. The highest BCUT2D eigenvalue weighted by molar-refractivity contribution is 7.19. The van der Waals surface area contributed by atoms with Crippen molar-refractivity contribution < 1.29 is 5.11 Å². The van der Waals surface area contributed by atoms with Gasteiger partial charge in [-0.15, -0.1) is 11.3 Å². The largest absolute Gasteiger partial charge is 0.383 e. The van der Waals surface area contributed by atoms with Gasteiger partial charge in [-0.25, -0.2) is 9.97 Å². The van der Waals surface area contributed by atoms with Crippen LogP contribution in [0.5, 0.6) is 0 Å². The minimum atomic E-state index is -0.997. The molecule has 0 bridgehead atoms. The number of hydrogen-bond acceptors (Lipinski definition) is 6. The molecule has 0 radical (unpaired) electrons. The summed E-state index contributed by atoms with van der Waals surface area (Å²) >= 11 is 1.61. The molecule has 7 heteroatoms. The van der Waals surface area contributed by atoms with Crippen molar-refractivity contribution in [1.29, 1.82) is 0 Å². The first-order valence-electron chi connectivity index (χ1n) is 7.62. The summed E-state index contributed by atoms with van der Waals surface area (Å²) < 4.78 is 2.87. The number of anilines is 1. The van der Waals surface area contributed by atoms with Crippen LogP contribution in [0.1, 0.15) is 11.8 Å². The van der Waals surface area contributed by atoms with Crippen LogP contribution in [0.25, 0.3) is 21.1 Å². The summed E-state index contributed by atoms with van der Waals surface area (Å²) in [7, 11) is 1.84. The zero-order valence-electron chi connectivity index (χ0n) is 13.4. The Balaban J connectivity index is 1.61. The molecule has 24 heavy (non-hydrogen) atoms. The van der Waals surface area contributed by atoms with E-state index in [1.54, 1.807) is 22.2 Å². The van der Waals surface area contributed by atoms with Crippen molar-refractivity contribution in [1.82, 2.24) is 19.7 Å². The predicted octanol–water partition coefficient (Wildman–Crippen LogP) is 2.90. The summed E-state index contributed by atoms with van der Waals surface area (Å²) in [5.74, 6) is 0.675. The average Bonchev–Trinajstić information content (AvgIpc) is 3.18. The van der Waals surface area contributed by atoms with Crippen LogP contribution in [-0.4, -0.2) is 31.4 Å². The third-order valence-corrected chi connectivity index (χ3v) is 5.46. The molecule has 6 nitrogen and oxygen atoms in total. The number of aliphatic hydroxyl groups is 1. The van der Waals surface area contributed by atoms with Gasteiger partial charge < -0.3 is 10.4 Å². The SMILES string of the molecule is Cn1ncc2c(NCC(C)(O)c3cc4ccccc4s3)ncnc21. The maximum atomic E-state index is 10.9. The smallest absolute Gasteiger partial charge is 0.163 e. The van der Waals surface area contributed by atoms with Crippen LogP contribution in [0.15, 0.2) is 42.9 Å². The van der Waals surface area contributed by atoms with E-state index in [2.05, 4.69) is 32.5 Å². The minimum Gasteiger partial charge on any atom is -0.383 e. The molecule has 0 aliphatic rings. The highest BCUT2D eigenvalue weighted by Gasteiger charge is 2.26. The van der Waals surface area contributed by atoms with Gasteiger partial charge in [-0.2, -0.15) is 5.10 Å². The van der Waals surface area contributed by atoms with Crippen molar-refractivity contribution in [3.8, 4) is 0 Å². The molecule has 3 heterocycles. The third kappa shape index (κ3) is 2.51. The summed E-state index contributed by atoms with van der Waals surface area (Å²) in [6.45, 7) is 2.16. The number of fused-ring (bicyclic) bond motifs is 2. The maximum Gasteiger partial charge on any atom is 0.163 e. The highest BCUT2D eigenvalue weighted by Crippen LogP contribution is 2.33. The Labute approximate surface area is 142 Å². The lowest BCUT2D eigenvalue weighted by Crippen LogP contribution is -2.30. The molecule has 0 spiro atoms. The summed E-state index contributed by atoms with van der Waals surface area (Å²) in [5.41, 5.74) is -0.239. The lowest BCUT2D eigenvalue weighted by molar-refractivity contribution is 0.0754. The van der Waals surface area contributed by atoms with Crippen LogP contribution in [0.2, 0.25) is 0 Å².